The Balaban J connectivity index is 1.99. The second-order valence-corrected chi connectivity index (χ2v) is 4.35. The third-order valence-electron chi connectivity index (χ3n) is 2.71. The van der Waals surface area contributed by atoms with Crippen LogP contribution >= 0.6 is 12.2 Å². The van der Waals surface area contributed by atoms with Crippen LogP contribution in [-0.2, 0) is 13.5 Å². The second kappa shape index (κ2) is 5.59. The summed E-state index contributed by atoms with van der Waals surface area (Å²) in [6.07, 6.45) is 6.08. The molecule has 0 bridgehead atoms. The van der Waals surface area contributed by atoms with Gasteiger partial charge in [-0.1, -0.05) is 12.2 Å². The molecule has 0 aliphatic carbocycles. The Bertz CT molecular complexity index is 549. The van der Waals surface area contributed by atoms with E-state index in [2.05, 4.69) is 15.4 Å². The molecule has 0 aliphatic heterocycles. The summed E-state index contributed by atoms with van der Waals surface area (Å²) in [5, 5.41) is 7.41. The lowest BCUT2D eigenvalue weighted by Gasteiger charge is -2.10. The van der Waals surface area contributed by atoms with Crippen LogP contribution < -0.4 is 11.1 Å². The van der Waals surface area contributed by atoms with E-state index in [0.29, 0.717) is 4.99 Å². The van der Waals surface area contributed by atoms with Crippen molar-refractivity contribution in [3.05, 3.63) is 42.0 Å². The molecule has 2 heterocycles. The smallest absolute Gasteiger partial charge is 0.106 e. The Morgan fingerprint density at radius 3 is 2.94 bits per heavy atom. The number of nitrogens with one attached hydrogen (secondary N) is 1. The van der Waals surface area contributed by atoms with Crippen molar-refractivity contribution in [1.29, 1.82) is 0 Å². The van der Waals surface area contributed by atoms with Crippen LogP contribution in [0, 0.1) is 0 Å². The van der Waals surface area contributed by atoms with Crippen LogP contribution in [0.3, 0.4) is 0 Å². The maximum absolute atomic E-state index is 5.65. The molecule has 2 aromatic rings. The number of pyridine rings is 1. The number of aromatic nitrogens is 3. The van der Waals surface area contributed by atoms with Crippen molar-refractivity contribution >= 4 is 22.9 Å². The van der Waals surface area contributed by atoms with Gasteiger partial charge in [-0.15, -0.1) is 0 Å². The zero-order valence-corrected chi connectivity index (χ0v) is 10.9. The molecule has 0 radical (unpaired) electrons. The van der Waals surface area contributed by atoms with E-state index in [-0.39, 0.29) is 0 Å². The summed E-state index contributed by atoms with van der Waals surface area (Å²) in [6.45, 7) is 0.779. The summed E-state index contributed by atoms with van der Waals surface area (Å²) < 4.78 is 1.86. The molecule has 0 unspecified atom stereocenters. The van der Waals surface area contributed by atoms with Gasteiger partial charge in [0.2, 0.25) is 0 Å². The van der Waals surface area contributed by atoms with Gasteiger partial charge in [0, 0.05) is 43.7 Å². The van der Waals surface area contributed by atoms with E-state index in [0.717, 1.165) is 24.2 Å². The van der Waals surface area contributed by atoms with Gasteiger partial charge in [0.1, 0.15) is 4.99 Å². The first-order valence-corrected chi connectivity index (χ1v) is 6.04. The highest BCUT2D eigenvalue weighted by molar-refractivity contribution is 7.80. The maximum atomic E-state index is 5.65. The predicted octanol–water partition coefficient (Wildman–Crippen LogP) is 1.10. The molecule has 0 aromatic carbocycles. The fourth-order valence-corrected chi connectivity index (χ4v) is 1.90. The molecule has 6 heteroatoms. The lowest BCUT2D eigenvalue weighted by Crippen LogP contribution is -2.15. The normalized spacial score (nSPS) is 10.3. The van der Waals surface area contributed by atoms with Crippen molar-refractivity contribution in [3.63, 3.8) is 0 Å². The third-order valence-corrected chi connectivity index (χ3v) is 2.93. The summed E-state index contributed by atoms with van der Waals surface area (Å²) in [7, 11) is 1.93. The molecule has 18 heavy (non-hydrogen) atoms. The molecule has 0 saturated carbocycles. The molecule has 2 rings (SSSR count). The van der Waals surface area contributed by atoms with Crippen LogP contribution in [0.25, 0.3) is 0 Å². The van der Waals surface area contributed by atoms with E-state index in [4.69, 9.17) is 18.0 Å². The molecule has 3 N–H and O–H groups in total. The Morgan fingerprint density at radius 1 is 1.44 bits per heavy atom. The summed E-state index contributed by atoms with van der Waals surface area (Å²) in [5.74, 6) is 0. The molecule has 0 saturated heterocycles. The number of hydrogen-bond acceptors (Lipinski definition) is 4. The molecule has 0 aliphatic rings. The zero-order chi connectivity index (χ0) is 13.0. The van der Waals surface area contributed by atoms with Crippen molar-refractivity contribution in [2.24, 2.45) is 12.8 Å². The molecule has 0 spiro atoms. The van der Waals surface area contributed by atoms with Crippen LogP contribution in [0.4, 0.5) is 5.69 Å². The van der Waals surface area contributed by atoms with Crippen molar-refractivity contribution in [2.75, 3.05) is 11.9 Å². The first-order chi connectivity index (χ1) is 8.68. The quantitative estimate of drug-likeness (QED) is 0.789. The van der Waals surface area contributed by atoms with Crippen LogP contribution in [-0.4, -0.2) is 26.3 Å². The highest BCUT2D eigenvalue weighted by Crippen LogP contribution is 2.13. The fraction of sp³-hybridized carbons (Fsp3) is 0.250. The van der Waals surface area contributed by atoms with E-state index in [1.165, 1.54) is 5.69 Å². The Kier molecular flexibility index (Phi) is 3.88. The first kappa shape index (κ1) is 12.5. The molecular weight excluding hydrogens is 246 g/mol. The molecule has 0 atom stereocenters. The standard InChI is InChI=1S/C12H15N5S/c1-17-9(3-7-16-17)2-6-15-11-8-14-5-4-10(11)12(13)18/h3-5,7-8,15H,2,6H2,1H3,(H2,13,18). The van der Waals surface area contributed by atoms with Gasteiger partial charge < -0.3 is 11.1 Å². The average molecular weight is 261 g/mol. The Morgan fingerprint density at radius 2 is 2.28 bits per heavy atom. The highest BCUT2D eigenvalue weighted by Gasteiger charge is 2.04. The number of aryl methyl sites for hydroxylation is 1. The highest BCUT2D eigenvalue weighted by atomic mass is 32.1. The minimum absolute atomic E-state index is 0.375. The van der Waals surface area contributed by atoms with Gasteiger partial charge in [-0.05, 0) is 12.1 Å². The fourth-order valence-electron chi connectivity index (χ4n) is 1.72. The van der Waals surface area contributed by atoms with Crippen molar-refractivity contribution in [1.82, 2.24) is 14.8 Å². The van der Waals surface area contributed by atoms with E-state index >= 15 is 0 Å². The number of rotatable bonds is 5. The average Bonchev–Trinajstić information content (AvgIpc) is 2.76. The SMILES string of the molecule is Cn1nccc1CCNc1cnccc1C(N)=S. The van der Waals surface area contributed by atoms with E-state index < -0.39 is 0 Å². The van der Waals surface area contributed by atoms with Crippen molar-refractivity contribution in [3.8, 4) is 0 Å². The van der Waals surface area contributed by atoms with Gasteiger partial charge in [-0.2, -0.15) is 5.10 Å². The number of hydrogen-bond donors (Lipinski definition) is 2. The lowest BCUT2D eigenvalue weighted by atomic mass is 10.2. The zero-order valence-electron chi connectivity index (χ0n) is 10.1. The monoisotopic (exact) mass is 261 g/mol. The van der Waals surface area contributed by atoms with Gasteiger partial charge in [-0.25, -0.2) is 0 Å². The van der Waals surface area contributed by atoms with Gasteiger partial charge in [0.25, 0.3) is 0 Å². The van der Waals surface area contributed by atoms with Gasteiger partial charge in [0.05, 0.1) is 11.9 Å². The van der Waals surface area contributed by atoms with E-state index in [1.807, 2.05) is 23.9 Å². The van der Waals surface area contributed by atoms with Crippen LogP contribution in [0.5, 0.6) is 0 Å². The molecule has 0 fully saturated rings. The second-order valence-electron chi connectivity index (χ2n) is 3.91. The summed E-state index contributed by atoms with van der Waals surface area (Å²) >= 11 is 5.00. The third kappa shape index (κ3) is 2.84. The number of nitrogens with zero attached hydrogens (tertiary/aromatic N) is 3. The largest absolute Gasteiger partial charge is 0.389 e. The summed E-state index contributed by atoms with van der Waals surface area (Å²) in [6, 6.07) is 3.81. The molecule has 94 valence electrons. The predicted molar refractivity (Wildman–Crippen MR) is 75.5 cm³/mol. The number of anilines is 1. The van der Waals surface area contributed by atoms with Crippen LogP contribution in [0.15, 0.2) is 30.7 Å². The molecule has 0 amide bonds. The number of thiocarbonyl (C=S) groups is 1. The van der Waals surface area contributed by atoms with Crippen LogP contribution in [0.2, 0.25) is 0 Å². The van der Waals surface area contributed by atoms with Gasteiger partial charge in [0.15, 0.2) is 0 Å². The van der Waals surface area contributed by atoms with E-state index in [1.54, 1.807) is 18.6 Å². The van der Waals surface area contributed by atoms with Gasteiger partial charge in [-0.3, -0.25) is 9.67 Å². The topological polar surface area (TPSA) is 68.8 Å². The molecule has 2 aromatic heterocycles. The first-order valence-electron chi connectivity index (χ1n) is 5.63. The maximum Gasteiger partial charge on any atom is 0.106 e. The van der Waals surface area contributed by atoms with E-state index in [9.17, 15) is 0 Å². The minimum atomic E-state index is 0.375. The van der Waals surface area contributed by atoms with Gasteiger partial charge >= 0.3 is 0 Å². The molecule has 5 nitrogen and oxygen atoms in total. The lowest BCUT2D eigenvalue weighted by molar-refractivity contribution is 0.711. The van der Waals surface area contributed by atoms with Crippen molar-refractivity contribution in [2.45, 2.75) is 6.42 Å². The minimum Gasteiger partial charge on any atom is -0.389 e. The molecular formula is C12H15N5S. The Labute approximate surface area is 111 Å². The number of nitrogens with two attached hydrogens (primary N) is 1. The van der Waals surface area contributed by atoms with Crippen molar-refractivity contribution < 1.29 is 0 Å². The van der Waals surface area contributed by atoms with Crippen LogP contribution in [0.1, 0.15) is 11.3 Å². The summed E-state index contributed by atoms with van der Waals surface area (Å²) in [4.78, 5) is 4.44. The summed E-state index contributed by atoms with van der Waals surface area (Å²) in [5.41, 5.74) is 8.52. The Hall–Kier alpha value is -1.95.